The average molecular weight is 307 g/mol. The van der Waals surface area contributed by atoms with Crippen LogP contribution >= 0.6 is 0 Å². The van der Waals surface area contributed by atoms with Crippen molar-refractivity contribution in [2.24, 2.45) is 0 Å². The van der Waals surface area contributed by atoms with Crippen molar-refractivity contribution in [3.63, 3.8) is 0 Å². The molecule has 0 fully saturated rings. The largest absolute Gasteiger partial charge is 0.492 e. The topological polar surface area (TPSA) is 94.3 Å². The summed E-state index contributed by atoms with van der Waals surface area (Å²) in [4.78, 5) is 3.99. The number of nitrogen functional groups attached to an aromatic ring is 1. The summed E-state index contributed by atoms with van der Waals surface area (Å²) in [6, 6.07) is 10.4. The van der Waals surface area contributed by atoms with Crippen molar-refractivity contribution >= 4 is 21.5 Å². The third-order valence-corrected chi connectivity index (χ3v) is 3.95. The zero-order valence-corrected chi connectivity index (χ0v) is 12.4. The summed E-state index contributed by atoms with van der Waals surface area (Å²) in [5, 5.41) is 0. The van der Waals surface area contributed by atoms with E-state index in [0.29, 0.717) is 17.3 Å². The van der Waals surface area contributed by atoms with Crippen molar-refractivity contribution in [3.05, 3.63) is 48.2 Å². The van der Waals surface area contributed by atoms with Crippen LogP contribution in [0.5, 0.6) is 5.75 Å². The molecule has 0 aliphatic heterocycles. The number of pyridine rings is 1. The average Bonchev–Trinajstić information content (AvgIpc) is 2.41. The molecule has 7 heteroatoms. The van der Waals surface area contributed by atoms with E-state index in [-0.39, 0.29) is 12.4 Å². The first kappa shape index (κ1) is 15.1. The Morgan fingerprint density at radius 1 is 1.29 bits per heavy atom. The molecule has 0 radical (unpaired) electrons. The lowest BCUT2D eigenvalue weighted by molar-refractivity contribution is 0.341. The second-order valence-corrected chi connectivity index (χ2v) is 6.35. The molecule has 0 saturated heterocycles. The first-order chi connectivity index (χ1) is 9.96. The van der Waals surface area contributed by atoms with Crippen LogP contribution in [0.3, 0.4) is 0 Å². The van der Waals surface area contributed by atoms with Crippen molar-refractivity contribution in [2.45, 2.75) is 6.92 Å². The van der Waals surface area contributed by atoms with Crippen LogP contribution in [0.1, 0.15) is 5.56 Å². The highest BCUT2D eigenvalue weighted by molar-refractivity contribution is 7.92. The van der Waals surface area contributed by atoms with Gasteiger partial charge in [0, 0.05) is 18.0 Å². The number of aryl methyl sites for hydroxylation is 1. The van der Waals surface area contributed by atoms with Gasteiger partial charge in [-0.3, -0.25) is 4.72 Å². The Kier molecular flexibility index (Phi) is 4.64. The Hall–Kier alpha value is -2.28. The highest BCUT2D eigenvalue weighted by Gasteiger charge is 2.12. The van der Waals surface area contributed by atoms with Gasteiger partial charge in [0.2, 0.25) is 10.0 Å². The number of nitrogens with zero attached hydrogens (tertiary/aromatic N) is 1. The molecule has 6 nitrogen and oxygen atoms in total. The minimum Gasteiger partial charge on any atom is -0.492 e. The molecule has 3 N–H and O–H groups in total. The second-order valence-electron chi connectivity index (χ2n) is 4.51. The van der Waals surface area contributed by atoms with E-state index in [1.54, 1.807) is 43.3 Å². The fourth-order valence-electron chi connectivity index (χ4n) is 1.66. The van der Waals surface area contributed by atoms with Crippen molar-refractivity contribution < 1.29 is 13.2 Å². The smallest absolute Gasteiger partial charge is 0.237 e. The molecule has 21 heavy (non-hydrogen) atoms. The van der Waals surface area contributed by atoms with Crippen LogP contribution in [0.4, 0.5) is 11.5 Å². The summed E-state index contributed by atoms with van der Waals surface area (Å²) in [5.74, 6) is 0.707. The Morgan fingerprint density at radius 3 is 2.81 bits per heavy atom. The lowest BCUT2D eigenvalue weighted by Crippen LogP contribution is -2.22. The Balaban J connectivity index is 1.91. The number of sulfonamides is 1. The summed E-state index contributed by atoms with van der Waals surface area (Å²) in [6.07, 6.45) is 1.54. The van der Waals surface area contributed by atoms with Crippen molar-refractivity contribution in [1.29, 1.82) is 0 Å². The predicted octanol–water partition coefficient (Wildman–Crippen LogP) is 1.79. The van der Waals surface area contributed by atoms with Gasteiger partial charge in [-0.2, -0.15) is 0 Å². The number of nitrogens with two attached hydrogens (primary N) is 1. The zero-order valence-electron chi connectivity index (χ0n) is 11.6. The zero-order chi connectivity index (χ0) is 15.3. The standard InChI is InChI=1S/C14H17N3O3S/c1-11-4-3-7-16-14(11)17-21(18,19)9-8-20-13-6-2-5-12(15)10-13/h2-7,10H,8-9,15H2,1H3,(H,16,17). The van der Waals surface area contributed by atoms with Crippen molar-refractivity contribution in [3.8, 4) is 5.75 Å². The van der Waals surface area contributed by atoms with Crippen molar-refractivity contribution in [1.82, 2.24) is 4.98 Å². The van der Waals surface area contributed by atoms with Crippen molar-refractivity contribution in [2.75, 3.05) is 22.8 Å². The number of rotatable bonds is 6. The molecule has 1 aromatic heterocycles. The number of benzene rings is 1. The van der Waals surface area contributed by atoms with E-state index in [2.05, 4.69) is 9.71 Å². The number of hydrogen-bond acceptors (Lipinski definition) is 5. The molecule has 0 saturated carbocycles. The molecule has 0 atom stereocenters. The van der Waals surface area contributed by atoms with Crippen LogP contribution in [0.25, 0.3) is 0 Å². The Labute approximate surface area is 124 Å². The normalized spacial score (nSPS) is 11.1. The first-order valence-electron chi connectivity index (χ1n) is 6.37. The third-order valence-electron chi connectivity index (χ3n) is 2.74. The first-order valence-corrected chi connectivity index (χ1v) is 8.02. The van der Waals surface area contributed by atoms with E-state index >= 15 is 0 Å². The monoisotopic (exact) mass is 307 g/mol. The molecule has 1 aromatic carbocycles. The van der Waals surface area contributed by atoms with Gasteiger partial charge in [0.05, 0.1) is 0 Å². The van der Waals surface area contributed by atoms with Crippen LogP contribution in [0.15, 0.2) is 42.6 Å². The molecule has 0 amide bonds. The Morgan fingerprint density at radius 2 is 2.10 bits per heavy atom. The predicted molar refractivity (Wildman–Crippen MR) is 82.7 cm³/mol. The summed E-state index contributed by atoms with van der Waals surface area (Å²) < 4.78 is 31.7. The lowest BCUT2D eigenvalue weighted by atomic mass is 10.3. The minimum atomic E-state index is -3.51. The van der Waals surface area contributed by atoms with Gasteiger partial charge in [0.1, 0.15) is 23.9 Å². The fraction of sp³-hybridized carbons (Fsp3) is 0.214. The van der Waals surface area contributed by atoms with E-state index in [1.165, 1.54) is 6.20 Å². The van der Waals surface area contributed by atoms with Crippen LogP contribution in [-0.4, -0.2) is 25.8 Å². The van der Waals surface area contributed by atoms with Gasteiger partial charge in [0.15, 0.2) is 0 Å². The summed E-state index contributed by atoms with van der Waals surface area (Å²) in [7, 11) is -3.51. The van der Waals surface area contributed by atoms with E-state index in [0.717, 1.165) is 5.56 Å². The quantitative estimate of drug-likeness (QED) is 0.793. The SMILES string of the molecule is Cc1cccnc1NS(=O)(=O)CCOc1cccc(N)c1. The molecule has 0 bridgehead atoms. The van der Waals surface area contributed by atoms with E-state index < -0.39 is 10.0 Å². The number of anilines is 2. The minimum absolute atomic E-state index is 0.0324. The van der Waals surface area contributed by atoms with Crippen LogP contribution in [0, 0.1) is 6.92 Å². The Bertz CT molecular complexity index is 717. The molecule has 0 aliphatic rings. The molecular weight excluding hydrogens is 290 g/mol. The van der Waals surface area contributed by atoms with E-state index in [1.807, 2.05) is 0 Å². The third kappa shape index (κ3) is 4.64. The maximum absolute atomic E-state index is 12.0. The summed E-state index contributed by atoms with van der Waals surface area (Å²) in [6.45, 7) is 1.82. The highest BCUT2D eigenvalue weighted by Crippen LogP contribution is 2.15. The molecule has 112 valence electrons. The van der Waals surface area contributed by atoms with Gasteiger partial charge in [0.25, 0.3) is 0 Å². The van der Waals surface area contributed by atoms with Gasteiger partial charge in [-0.25, -0.2) is 13.4 Å². The molecule has 0 unspecified atom stereocenters. The maximum Gasteiger partial charge on any atom is 0.237 e. The number of nitrogens with one attached hydrogen (secondary N) is 1. The van der Waals surface area contributed by atoms with E-state index in [9.17, 15) is 8.42 Å². The van der Waals surface area contributed by atoms with Gasteiger partial charge in [-0.05, 0) is 30.7 Å². The molecule has 2 aromatic rings. The van der Waals surface area contributed by atoms with Gasteiger partial charge >= 0.3 is 0 Å². The van der Waals surface area contributed by atoms with E-state index in [4.69, 9.17) is 10.5 Å². The number of hydrogen-bond donors (Lipinski definition) is 2. The van der Waals surface area contributed by atoms with Gasteiger partial charge in [-0.15, -0.1) is 0 Å². The maximum atomic E-state index is 12.0. The second kappa shape index (κ2) is 6.45. The fourth-order valence-corrected chi connectivity index (χ4v) is 2.58. The molecular formula is C14H17N3O3S. The molecule has 0 spiro atoms. The van der Waals surface area contributed by atoms with Gasteiger partial charge in [-0.1, -0.05) is 12.1 Å². The molecule has 1 heterocycles. The van der Waals surface area contributed by atoms with Crippen LogP contribution in [0.2, 0.25) is 0 Å². The van der Waals surface area contributed by atoms with Gasteiger partial charge < -0.3 is 10.5 Å². The number of aromatic nitrogens is 1. The number of ether oxygens (including phenoxy) is 1. The van der Waals surface area contributed by atoms with Crippen LogP contribution in [-0.2, 0) is 10.0 Å². The summed E-state index contributed by atoms with van der Waals surface area (Å²) >= 11 is 0. The summed E-state index contributed by atoms with van der Waals surface area (Å²) in [5.41, 5.74) is 6.95. The molecule has 2 rings (SSSR count). The lowest BCUT2D eigenvalue weighted by Gasteiger charge is -2.10. The molecule has 0 aliphatic carbocycles. The highest BCUT2D eigenvalue weighted by atomic mass is 32.2. The van der Waals surface area contributed by atoms with Crippen LogP contribution < -0.4 is 15.2 Å².